The molecule has 0 unspecified atom stereocenters. The summed E-state index contributed by atoms with van der Waals surface area (Å²) in [5.41, 5.74) is 19.4. The van der Waals surface area contributed by atoms with Crippen LogP contribution < -0.4 is 4.90 Å². The van der Waals surface area contributed by atoms with Gasteiger partial charge in [-0.2, -0.15) is 0 Å². The monoisotopic (exact) mass is 891 g/mol. The summed E-state index contributed by atoms with van der Waals surface area (Å²) in [5.74, 6) is 0. The van der Waals surface area contributed by atoms with E-state index < -0.39 is 5.41 Å². The van der Waals surface area contributed by atoms with E-state index in [0.717, 1.165) is 28.4 Å². The molecule has 328 valence electrons. The van der Waals surface area contributed by atoms with E-state index in [2.05, 4.69) is 287 Å². The molecule has 1 aliphatic rings. The molecule has 3 heteroatoms. The molecule has 3 nitrogen and oxygen atoms in total. The molecule has 70 heavy (non-hydrogen) atoms. The first-order chi connectivity index (χ1) is 34.7. The topological polar surface area (TPSA) is 13.1 Å². The lowest BCUT2D eigenvalue weighted by atomic mass is 9.68. The molecule has 0 fully saturated rings. The molecule has 0 spiro atoms. The average molecular weight is 892 g/mol. The van der Waals surface area contributed by atoms with Gasteiger partial charge in [0.15, 0.2) is 0 Å². The Bertz CT molecular complexity index is 3830. The van der Waals surface area contributed by atoms with E-state index in [9.17, 15) is 0 Å². The van der Waals surface area contributed by atoms with Crippen molar-refractivity contribution in [2.24, 2.45) is 0 Å². The lowest BCUT2D eigenvalue weighted by molar-refractivity contribution is 0.768. The first-order valence-corrected chi connectivity index (χ1v) is 24.2. The third-order valence-corrected chi connectivity index (χ3v) is 14.8. The Balaban J connectivity index is 1.07. The number of fused-ring (bicyclic) bond motifs is 9. The van der Waals surface area contributed by atoms with E-state index in [1.165, 1.54) is 88.1 Å². The molecule has 0 saturated carbocycles. The quantitative estimate of drug-likeness (QED) is 0.148. The van der Waals surface area contributed by atoms with Gasteiger partial charge in [0.05, 0.1) is 44.5 Å². The summed E-state index contributed by atoms with van der Waals surface area (Å²) in [4.78, 5) is 2.47. The standard InChI is InChI=1S/C67H45N3/c1-4-20-46(21-5-1)47-36-38-50(39-37-47)68(51-40-41-62-60(45-51)55-26-10-15-31-61(55)67(62,48-22-6-2-7-23-48)49-24-8-3-9-25-49)52-42-53(69-63-32-16-11-27-56(63)57-28-12-17-33-64(57)69)44-54(43-52)70-65-34-18-13-29-58(65)59-30-14-19-35-66(59)70/h1-45H. The minimum Gasteiger partial charge on any atom is -0.310 e. The highest BCUT2D eigenvalue weighted by molar-refractivity contribution is 6.11. The Morgan fingerprint density at radius 3 is 1.19 bits per heavy atom. The number of hydrogen-bond acceptors (Lipinski definition) is 1. The summed E-state index contributed by atoms with van der Waals surface area (Å²) in [6.07, 6.45) is 0. The van der Waals surface area contributed by atoms with Gasteiger partial charge in [-0.25, -0.2) is 0 Å². The molecule has 1 aliphatic carbocycles. The summed E-state index contributed by atoms with van der Waals surface area (Å²) in [6, 6.07) is 101. The van der Waals surface area contributed by atoms with E-state index in [1.54, 1.807) is 0 Å². The van der Waals surface area contributed by atoms with Crippen molar-refractivity contribution in [2.45, 2.75) is 5.41 Å². The highest BCUT2D eigenvalue weighted by Gasteiger charge is 2.46. The van der Waals surface area contributed by atoms with Crippen LogP contribution in [0.1, 0.15) is 22.3 Å². The van der Waals surface area contributed by atoms with E-state index in [4.69, 9.17) is 0 Å². The summed E-state index contributed by atoms with van der Waals surface area (Å²) in [5, 5.41) is 4.92. The molecule has 0 amide bonds. The second-order valence-electron chi connectivity index (χ2n) is 18.5. The number of para-hydroxylation sites is 4. The maximum absolute atomic E-state index is 2.47. The van der Waals surface area contributed by atoms with Crippen LogP contribution in [0.4, 0.5) is 17.1 Å². The fraction of sp³-hybridized carbons (Fsp3) is 0.0149. The van der Waals surface area contributed by atoms with Crippen molar-refractivity contribution in [2.75, 3.05) is 4.90 Å². The van der Waals surface area contributed by atoms with Crippen LogP contribution in [-0.2, 0) is 5.41 Å². The van der Waals surface area contributed by atoms with Gasteiger partial charge in [0.1, 0.15) is 0 Å². The molecule has 0 aliphatic heterocycles. The van der Waals surface area contributed by atoms with Gasteiger partial charge in [-0.3, -0.25) is 0 Å². The van der Waals surface area contributed by atoms with E-state index in [-0.39, 0.29) is 0 Å². The van der Waals surface area contributed by atoms with Gasteiger partial charge in [0.2, 0.25) is 0 Å². The molecular formula is C67H45N3. The van der Waals surface area contributed by atoms with Gasteiger partial charge in [0, 0.05) is 32.9 Å². The molecule has 2 aromatic heterocycles. The normalized spacial score (nSPS) is 12.7. The van der Waals surface area contributed by atoms with Crippen LogP contribution >= 0.6 is 0 Å². The second-order valence-corrected chi connectivity index (χ2v) is 18.5. The maximum Gasteiger partial charge on any atom is 0.0713 e. The third-order valence-electron chi connectivity index (χ3n) is 14.8. The van der Waals surface area contributed by atoms with Crippen LogP contribution in [0, 0.1) is 0 Å². The fourth-order valence-electron chi connectivity index (χ4n) is 11.8. The third kappa shape index (κ3) is 6.01. The van der Waals surface area contributed by atoms with Crippen molar-refractivity contribution < 1.29 is 0 Å². The molecule has 11 aromatic carbocycles. The minimum atomic E-state index is -0.505. The number of aromatic nitrogens is 2. The number of anilines is 3. The number of rotatable bonds is 8. The first-order valence-electron chi connectivity index (χ1n) is 24.2. The highest BCUT2D eigenvalue weighted by atomic mass is 15.1. The van der Waals surface area contributed by atoms with Gasteiger partial charge in [0.25, 0.3) is 0 Å². The summed E-state index contributed by atoms with van der Waals surface area (Å²) < 4.78 is 4.91. The predicted octanol–water partition coefficient (Wildman–Crippen LogP) is 17.4. The second kappa shape index (κ2) is 16.0. The molecule has 13 aromatic rings. The van der Waals surface area contributed by atoms with Crippen LogP contribution in [0.25, 0.3) is 77.2 Å². The molecule has 0 atom stereocenters. The zero-order valence-corrected chi connectivity index (χ0v) is 38.3. The maximum atomic E-state index is 2.47. The van der Waals surface area contributed by atoms with E-state index in [0.29, 0.717) is 0 Å². The van der Waals surface area contributed by atoms with Crippen LogP contribution in [0.5, 0.6) is 0 Å². The van der Waals surface area contributed by atoms with E-state index in [1.807, 2.05) is 0 Å². The molecule has 0 N–H and O–H groups in total. The Kier molecular flexibility index (Phi) is 9.11. The van der Waals surface area contributed by atoms with Crippen molar-refractivity contribution in [1.29, 1.82) is 0 Å². The van der Waals surface area contributed by atoms with Crippen molar-refractivity contribution >= 4 is 60.7 Å². The Morgan fingerprint density at radius 1 is 0.271 bits per heavy atom. The summed E-state index contributed by atoms with van der Waals surface area (Å²) >= 11 is 0. The smallest absolute Gasteiger partial charge is 0.0713 e. The molecule has 0 radical (unpaired) electrons. The van der Waals surface area contributed by atoms with Crippen LogP contribution in [0.3, 0.4) is 0 Å². The summed E-state index contributed by atoms with van der Waals surface area (Å²) in [7, 11) is 0. The van der Waals surface area contributed by atoms with Crippen LogP contribution in [0.2, 0.25) is 0 Å². The fourth-order valence-corrected chi connectivity index (χ4v) is 11.8. The lowest BCUT2D eigenvalue weighted by Gasteiger charge is -2.34. The van der Waals surface area contributed by atoms with Crippen molar-refractivity contribution in [1.82, 2.24) is 9.13 Å². The lowest BCUT2D eigenvalue weighted by Crippen LogP contribution is -2.28. The first kappa shape index (κ1) is 39.9. The number of hydrogen-bond donors (Lipinski definition) is 0. The molecule has 2 heterocycles. The SMILES string of the molecule is c1ccc(-c2ccc(N(c3cc(-n4c5ccccc5c5ccccc54)cc(-n4c5ccccc5c5ccccc54)c3)c3ccc4c(c3)-c3ccccc3C4(c3ccccc3)c3ccccc3)cc2)cc1. The number of nitrogens with zero attached hydrogens (tertiary/aromatic N) is 3. The zero-order chi connectivity index (χ0) is 46.2. The van der Waals surface area contributed by atoms with Crippen LogP contribution in [-0.4, -0.2) is 9.13 Å². The van der Waals surface area contributed by atoms with Gasteiger partial charge >= 0.3 is 0 Å². The van der Waals surface area contributed by atoms with Gasteiger partial charge in [-0.05, 0) is 111 Å². The average Bonchev–Trinajstić information content (AvgIpc) is 4.06. The van der Waals surface area contributed by atoms with Gasteiger partial charge < -0.3 is 14.0 Å². The zero-order valence-electron chi connectivity index (χ0n) is 38.3. The van der Waals surface area contributed by atoms with Crippen LogP contribution in [0.15, 0.2) is 273 Å². The van der Waals surface area contributed by atoms with Gasteiger partial charge in [-0.15, -0.1) is 0 Å². The Labute approximate surface area is 407 Å². The Morgan fingerprint density at radius 2 is 0.671 bits per heavy atom. The van der Waals surface area contributed by atoms with Crippen molar-refractivity contribution in [3.05, 3.63) is 295 Å². The van der Waals surface area contributed by atoms with E-state index >= 15 is 0 Å². The van der Waals surface area contributed by atoms with Crippen molar-refractivity contribution in [3.8, 4) is 33.6 Å². The molecule has 0 bridgehead atoms. The van der Waals surface area contributed by atoms with Crippen molar-refractivity contribution in [3.63, 3.8) is 0 Å². The molecule has 0 saturated heterocycles. The molecular weight excluding hydrogens is 847 g/mol. The number of benzene rings is 11. The molecule has 14 rings (SSSR count). The van der Waals surface area contributed by atoms with Gasteiger partial charge in [-0.1, -0.05) is 206 Å². The minimum absolute atomic E-state index is 0.505. The largest absolute Gasteiger partial charge is 0.310 e. The Hall–Kier alpha value is -9.18. The summed E-state index contributed by atoms with van der Waals surface area (Å²) in [6.45, 7) is 0. The highest BCUT2D eigenvalue weighted by Crippen LogP contribution is 2.57. The predicted molar refractivity (Wildman–Crippen MR) is 293 cm³/mol.